The van der Waals surface area contributed by atoms with Crippen LogP contribution in [0.3, 0.4) is 0 Å². The molecule has 0 radical (unpaired) electrons. The van der Waals surface area contributed by atoms with Gasteiger partial charge in [-0.05, 0) is 56.2 Å². The lowest BCUT2D eigenvalue weighted by Crippen LogP contribution is -2.22. The number of aromatic nitrogens is 1. The first-order valence-corrected chi connectivity index (χ1v) is 9.41. The van der Waals surface area contributed by atoms with E-state index in [1.807, 2.05) is 0 Å². The summed E-state index contributed by atoms with van der Waals surface area (Å²) >= 11 is 0. The summed E-state index contributed by atoms with van der Waals surface area (Å²) in [5.41, 5.74) is 4.68. The molecule has 30 heavy (non-hydrogen) atoms. The van der Waals surface area contributed by atoms with Crippen LogP contribution in [0.4, 0.5) is 4.39 Å². The Morgan fingerprint density at radius 3 is 2.70 bits per heavy atom. The van der Waals surface area contributed by atoms with Gasteiger partial charge in [-0.1, -0.05) is 6.07 Å². The Hall–Kier alpha value is -3.81. The lowest BCUT2D eigenvalue weighted by molar-refractivity contribution is 0.0698. The molecule has 0 spiro atoms. The van der Waals surface area contributed by atoms with Gasteiger partial charge < -0.3 is 9.15 Å². The number of hydrogen-bond acceptors (Lipinski definition) is 6. The number of carbonyl (C=O) groups is 2. The number of nitrogens with one attached hydrogen (secondary N) is 1. The maximum atomic E-state index is 13.0. The molecule has 3 aromatic rings. The SMILES string of the molecule is Cc1c(C(=O)Oc2ccc(F)cc2)oc2c1/C(=N/NC(=O)c1ccccn1)CCC2. The molecule has 1 aliphatic carbocycles. The monoisotopic (exact) mass is 407 g/mol. The molecule has 1 aromatic carbocycles. The highest BCUT2D eigenvalue weighted by Crippen LogP contribution is 2.30. The van der Waals surface area contributed by atoms with E-state index in [0.29, 0.717) is 35.4 Å². The zero-order valence-corrected chi connectivity index (χ0v) is 16.1. The van der Waals surface area contributed by atoms with Gasteiger partial charge in [0.1, 0.15) is 23.0 Å². The molecule has 0 atom stereocenters. The zero-order valence-electron chi connectivity index (χ0n) is 16.1. The molecule has 1 N–H and O–H groups in total. The molecule has 1 amide bonds. The molecule has 0 aliphatic heterocycles. The molecule has 0 saturated heterocycles. The molecule has 2 aromatic heterocycles. The maximum Gasteiger partial charge on any atom is 0.379 e. The Morgan fingerprint density at radius 2 is 1.97 bits per heavy atom. The van der Waals surface area contributed by atoms with E-state index in [-0.39, 0.29) is 17.2 Å². The van der Waals surface area contributed by atoms with Gasteiger partial charge in [0.25, 0.3) is 5.91 Å². The quantitative estimate of drug-likeness (QED) is 0.403. The summed E-state index contributed by atoms with van der Waals surface area (Å²) in [4.78, 5) is 28.8. The number of furan rings is 1. The summed E-state index contributed by atoms with van der Waals surface area (Å²) in [7, 11) is 0. The second kappa shape index (κ2) is 8.28. The number of pyridine rings is 1. The number of aryl methyl sites for hydroxylation is 1. The van der Waals surface area contributed by atoms with Crippen molar-refractivity contribution < 1.29 is 23.1 Å². The fourth-order valence-corrected chi connectivity index (χ4v) is 3.30. The first-order valence-electron chi connectivity index (χ1n) is 9.41. The van der Waals surface area contributed by atoms with Crippen molar-refractivity contribution in [1.29, 1.82) is 0 Å². The highest BCUT2D eigenvalue weighted by Gasteiger charge is 2.29. The van der Waals surface area contributed by atoms with Crippen molar-refractivity contribution in [3.63, 3.8) is 0 Å². The number of benzene rings is 1. The van der Waals surface area contributed by atoms with Crippen LogP contribution in [0.25, 0.3) is 0 Å². The molecule has 0 saturated carbocycles. The van der Waals surface area contributed by atoms with Crippen molar-refractivity contribution in [1.82, 2.24) is 10.4 Å². The molecule has 2 heterocycles. The van der Waals surface area contributed by atoms with Gasteiger partial charge in [0.15, 0.2) is 0 Å². The number of hydrazone groups is 1. The van der Waals surface area contributed by atoms with E-state index >= 15 is 0 Å². The van der Waals surface area contributed by atoms with Gasteiger partial charge in [0.05, 0.1) is 5.71 Å². The largest absolute Gasteiger partial charge is 0.453 e. The Balaban J connectivity index is 1.56. The number of carbonyl (C=O) groups excluding carboxylic acids is 2. The molecule has 8 heteroatoms. The summed E-state index contributed by atoms with van der Waals surface area (Å²) in [6.45, 7) is 1.74. The van der Waals surface area contributed by atoms with Gasteiger partial charge in [-0.2, -0.15) is 5.10 Å². The van der Waals surface area contributed by atoms with Crippen LogP contribution in [-0.2, 0) is 6.42 Å². The van der Waals surface area contributed by atoms with Gasteiger partial charge in [0.2, 0.25) is 5.76 Å². The zero-order chi connectivity index (χ0) is 21.1. The van der Waals surface area contributed by atoms with Crippen molar-refractivity contribution in [3.05, 3.63) is 82.8 Å². The Kier molecular flexibility index (Phi) is 5.38. The third-order valence-electron chi connectivity index (χ3n) is 4.73. The third-order valence-corrected chi connectivity index (χ3v) is 4.73. The summed E-state index contributed by atoms with van der Waals surface area (Å²) in [6, 6.07) is 10.2. The van der Waals surface area contributed by atoms with Gasteiger partial charge in [0, 0.05) is 23.7 Å². The van der Waals surface area contributed by atoms with E-state index in [2.05, 4.69) is 15.5 Å². The number of ether oxygens (including phenoxy) is 1. The summed E-state index contributed by atoms with van der Waals surface area (Å²) in [6.07, 6.45) is 3.57. The van der Waals surface area contributed by atoms with Gasteiger partial charge in [-0.15, -0.1) is 0 Å². The van der Waals surface area contributed by atoms with E-state index in [1.165, 1.54) is 30.5 Å². The van der Waals surface area contributed by atoms with Crippen molar-refractivity contribution >= 4 is 17.6 Å². The number of rotatable bonds is 4. The second-order valence-corrected chi connectivity index (χ2v) is 6.77. The fraction of sp³-hybridized carbons (Fsp3) is 0.182. The Morgan fingerprint density at radius 1 is 1.17 bits per heavy atom. The van der Waals surface area contributed by atoms with E-state index in [9.17, 15) is 14.0 Å². The molecule has 0 unspecified atom stereocenters. The minimum Gasteiger partial charge on any atom is -0.453 e. The third kappa shape index (κ3) is 3.98. The second-order valence-electron chi connectivity index (χ2n) is 6.77. The number of esters is 1. The molecular formula is C22H18FN3O4. The predicted molar refractivity (Wildman–Crippen MR) is 106 cm³/mol. The summed E-state index contributed by atoms with van der Waals surface area (Å²) in [5.74, 6) is -0.622. The van der Waals surface area contributed by atoms with Crippen LogP contribution in [0.1, 0.15) is 50.8 Å². The number of nitrogens with zero attached hydrogens (tertiary/aromatic N) is 2. The lowest BCUT2D eigenvalue weighted by Gasteiger charge is -2.13. The van der Waals surface area contributed by atoms with E-state index < -0.39 is 17.7 Å². The number of halogens is 1. The molecule has 1 aliphatic rings. The van der Waals surface area contributed by atoms with E-state index in [0.717, 1.165) is 6.42 Å². The molecule has 0 fully saturated rings. The maximum absolute atomic E-state index is 13.0. The molecule has 152 valence electrons. The van der Waals surface area contributed by atoms with Crippen LogP contribution >= 0.6 is 0 Å². The van der Waals surface area contributed by atoms with E-state index in [4.69, 9.17) is 9.15 Å². The van der Waals surface area contributed by atoms with Crippen LogP contribution in [0.15, 0.2) is 58.2 Å². The van der Waals surface area contributed by atoms with Crippen molar-refractivity contribution in [3.8, 4) is 5.75 Å². The normalized spacial score (nSPS) is 14.3. The minimum absolute atomic E-state index is 0.0648. The van der Waals surface area contributed by atoms with Crippen LogP contribution < -0.4 is 10.2 Å². The highest BCUT2D eigenvalue weighted by molar-refractivity contribution is 6.06. The number of amides is 1. The van der Waals surface area contributed by atoms with Crippen molar-refractivity contribution in [2.24, 2.45) is 5.10 Å². The molecule has 4 rings (SSSR count). The number of fused-ring (bicyclic) bond motifs is 1. The van der Waals surface area contributed by atoms with Gasteiger partial charge >= 0.3 is 5.97 Å². The summed E-state index contributed by atoms with van der Waals surface area (Å²) < 4.78 is 24.1. The van der Waals surface area contributed by atoms with Crippen molar-refractivity contribution in [2.45, 2.75) is 26.2 Å². The molecular weight excluding hydrogens is 389 g/mol. The highest BCUT2D eigenvalue weighted by atomic mass is 19.1. The first-order chi connectivity index (χ1) is 14.5. The van der Waals surface area contributed by atoms with Crippen LogP contribution in [0.5, 0.6) is 5.75 Å². The van der Waals surface area contributed by atoms with Crippen LogP contribution in [0, 0.1) is 12.7 Å². The average molecular weight is 407 g/mol. The van der Waals surface area contributed by atoms with Gasteiger partial charge in [-0.3, -0.25) is 9.78 Å². The van der Waals surface area contributed by atoms with E-state index in [1.54, 1.807) is 25.1 Å². The molecule has 0 bridgehead atoms. The fourth-order valence-electron chi connectivity index (χ4n) is 3.30. The van der Waals surface area contributed by atoms with Crippen LogP contribution in [-0.4, -0.2) is 22.6 Å². The predicted octanol–water partition coefficient (Wildman–Crippen LogP) is 3.81. The summed E-state index contributed by atoms with van der Waals surface area (Å²) in [5, 5.41) is 4.25. The van der Waals surface area contributed by atoms with Crippen molar-refractivity contribution in [2.75, 3.05) is 0 Å². The first kappa shape index (κ1) is 19.5. The lowest BCUT2D eigenvalue weighted by atomic mass is 9.93. The van der Waals surface area contributed by atoms with Crippen LogP contribution in [0.2, 0.25) is 0 Å². The standard InChI is InChI=1S/C22H18FN3O4/c1-13-19-16(25-26-21(27)17-5-2-3-12-24-17)6-4-7-18(19)30-20(13)22(28)29-15-10-8-14(23)9-11-15/h2-3,5,8-12H,4,6-7H2,1H3,(H,26,27)/b25-16+. The smallest absolute Gasteiger partial charge is 0.379 e. The average Bonchev–Trinajstić information content (AvgIpc) is 3.11. The van der Waals surface area contributed by atoms with Gasteiger partial charge in [-0.25, -0.2) is 14.6 Å². The minimum atomic E-state index is -0.676. The Bertz CT molecular complexity index is 1120. The Labute approximate surface area is 171 Å². The number of hydrogen-bond donors (Lipinski definition) is 1. The molecule has 7 nitrogen and oxygen atoms in total. The topological polar surface area (TPSA) is 93.8 Å².